The Morgan fingerprint density at radius 3 is 1.36 bits per heavy atom. The number of allylic oxidation sites excluding steroid dienone is 2. The second-order valence-corrected chi connectivity index (χ2v) is 13.9. The molecule has 14 nitrogen and oxygen atoms in total. The van der Waals surface area contributed by atoms with E-state index >= 15 is 0 Å². The largest absolute Gasteiger partial charge is 0.493 e. The van der Waals surface area contributed by atoms with Gasteiger partial charge in [-0.05, 0) is 60.4 Å². The predicted molar refractivity (Wildman–Crippen MR) is 217 cm³/mol. The standard InChI is InChI=1S/C44H50N4O10/c1-27-35(41(49)57-25-23-53-5)39(45-43(51)47(27)3)37-31-15-9-7-13-29(31)17-19-33(37)55-21-11-12-22-56-34-20-18-30-14-8-10-16-32(30)38(34)40-36(42(50)58-26-24-54-6)28(2)48(4)44(52)46-40/h7-10,13-20,39-40H,11-12,21-26H2,1-6H3,(H,45,51)(H,46,52). The van der Waals surface area contributed by atoms with Crippen LogP contribution in [0.3, 0.4) is 0 Å². The summed E-state index contributed by atoms with van der Waals surface area (Å²) in [5.74, 6) is -0.0788. The fraction of sp³-hybridized carbons (Fsp3) is 0.364. The third-order valence-corrected chi connectivity index (χ3v) is 10.5. The molecule has 0 fully saturated rings. The highest BCUT2D eigenvalue weighted by molar-refractivity contribution is 5.99. The minimum absolute atomic E-state index is 0.0592. The summed E-state index contributed by atoms with van der Waals surface area (Å²) in [6.07, 6.45) is 1.19. The molecule has 0 spiro atoms. The quantitative estimate of drug-likeness (QED) is 0.0889. The summed E-state index contributed by atoms with van der Waals surface area (Å²) in [5, 5.41) is 9.48. The Labute approximate surface area is 337 Å². The van der Waals surface area contributed by atoms with E-state index in [9.17, 15) is 19.2 Å². The Hall–Kier alpha value is -6.12. The number of urea groups is 2. The molecular formula is C44H50N4O10. The lowest BCUT2D eigenvalue weighted by atomic mass is 9.90. The number of benzene rings is 4. The third kappa shape index (κ3) is 8.72. The van der Waals surface area contributed by atoms with Gasteiger partial charge in [-0.2, -0.15) is 0 Å². The average Bonchev–Trinajstić information content (AvgIpc) is 3.22. The van der Waals surface area contributed by atoms with Crippen LogP contribution < -0.4 is 20.1 Å². The number of methoxy groups -OCH3 is 2. The molecule has 4 aromatic rings. The van der Waals surface area contributed by atoms with Crippen LogP contribution in [0.2, 0.25) is 0 Å². The van der Waals surface area contributed by atoms with E-state index in [0.29, 0.717) is 71.2 Å². The summed E-state index contributed by atoms with van der Waals surface area (Å²) in [4.78, 5) is 56.2. The van der Waals surface area contributed by atoms with Crippen molar-refractivity contribution in [3.8, 4) is 11.5 Å². The molecule has 2 aliphatic heterocycles. The van der Waals surface area contributed by atoms with E-state index in [1.165, 1.54) is 24.0 Å². The maximum absolute atomic E-state index is 13.5. The number of unbranched alkanes of at least 4 members (excludes halogenated alkanes) is 1. The van der Waals surface area contributed by atoms with Crippen molar-refractivity contribution in [2.75, 3.05) is 68.0 Å². The molecule has 2 unspecified atom stereocenters. The number of rotatable bonds is 17. The van der Waals surface area contributed by atoms with E-state index in [4.69, 9.17) is 28.4 Å². The Kier molecular flexibility index (Phi) is 13.5. The highest BCUT2D eigenvalue weighted by Crippen LogP contribution is 2.42. The second kappa shape index (κ2) is 18.9. The summed E-state index contributed by atoms with van der Waals surface area (Å²) < 4.78 is 34.1. The zero-order valence-corrected chi connectivity index (χ0v) is 33.7. The first-order valence-electron chi connectivity index (χ1n) is 19.2. The Balaban J connectivity index is 1.22. The normalized spacial score (nSPS) is 17.1. The van der Waals surface area contributed by atoms with Crippen LogP contribution in [0.15, 0.2) is 95.3 Å². The molecule has 0 saturated carbocycles. The van der Waals surface area contributed by atoms with Gasteiger partial charge in [0.15, 0.2) is 0 Å². The summed E-state index contributed by atoms with van der Waals surface area (Å²) in [7, 11) is 6.26. The molecule has 2 atom stereocenters. The molecular weight excluding hydrogens is 745 g/mol. The average molecular weight is 795 g/mol. The van der Waals surface area contributed by atoms with Crippen molar-refractivity contribution in [2.24, 2.45) is 0 Å². The number of nitrogens with zero attached hydrogens (tertiary/aromatic N) is 2. The van der Waals surface area contributed by atoms with Crippen LogP contribution in [-0.2, 0) is 28.5 Å². The van der Waals surface area contributed by atoms with Crippen molar-refractivity contribution in [2.45, 2.75) is 38.8 Å². The number of amides is 4. The second-order valence-electron chi connectivity index (χ2n) is 13.9. The van der Waals surface area contributed by atoms with Gasteiger partial charge in [0.25, 0.3) is 0 Å². The van der Waals surface area contributed by atoms with Gasteiger partial charge in [-0.25, -0.2) is 19.2 Å². The van der Waals surface area contributed by atoms with Gasteiger partial charge < -0.3 is 48.9 Å². The first kappa shape index (κ1) is 41.5. The van der Waals surface area contributed by atoms with Crippen LogP contribution >= 0.6 is 0 Å². The minimum Gasteiger partial charge on any atom is -0.493 e. The van der Waals surface area contributed by atoms with E-state index in [2.05, 4.69) is 10.6 Å². The van der Waals surface area contributed by atoms with E-state index in [1.54, 1.807) is 27.9 Å². The predicted octanol–water partition coefficient (Wildman–Crippen LogP) is 6.55. The van der Waals surface area contributed by atoms with Crippen LogP contribution in [0.1, 0.15) is 49.9 Å². The number of hydrogen-bond donors (Lipinski definition) is 2. The van der Waals surface area contributed by atoms with Crippen molar-refractivity contribution in [1.29, 1.82) is 0 Å². The van der Waals surface area contributed by atoms with Crippen molar-refractivity contribution < 1.29 is 47.6 Å². The fourth-order valence-electron chi connectivity index (χ4n) is 7.19. The highest BCUT2D eigenvalue weighted by Gasteiger charge is 2.39. The lowest BCUT2D eigenvalue weighted by Gasteiger charge is -2.34. The summed E-state index contributed by atoms with van der Waals surface area (Å²) in [6.45, 7) is 4.64. The molecule has 0 aliphatic carbocycles. The number of esters is 2. The van der Waals surface area contributed by atoms with Crippen LogP contribution in [0, 0.1) is 0 Å². The van der Waals surface area contributed by atoms with Crippen LogP contribution in [0.4, 0.5) is 9.59 Å². The first-order valence-corrected chi connectivity index (χ1v) is 19.2. The molecule has 4 aromatic carbocycles. The zero-order chi connectivity index (χ0) is 41.3. The first-order chi connectivity index (χ1) is 28.1. The topological polar surface area (TPSA) is 154 Å². The number of ether oxygens (including phenoxy) is 6. The van der Waals surface area contributed by atoms with Crippen LogP contribution in [-0.4, -0.2) is 102 Å². The lowest BCUT2D eigenvalue weighted by molar-refractivity contribution is -0.141. The van der Waals surface area contributed by atoms with Crippen molar-refractivity contribution in [1.82, 2.24) is 20.4 Å². The van der Waals surface area contributed by atoms with Gasteiger partial charge in [-0.1, -0.05) is 60.7 Å². The molecule has 2 heterocycles. The molecule has 2 N–H and O–H groups in total. The molecule has 0 aromatic heterocycles. The van der Waals surface area contributed by atoms with Crippen molar-refractivity contribution in [3.05, 3.63) is 106 Å². The van der Waals surface area contributed by atoms with E-state index in [1.807, 2.05) is 72.8 Å². The number of nitrogens with one attached hydrogen (secondary N) is 2. The summed E-state index contributed by atoms with van der Waals surface area (Å²) >= 11 is 0. The van der Waals surface area contributed by atoms with Gasteiger partial charge in [0.05, 0.1) is 49.7 Å². The van der Waals surface area contributed by atoms with E-state index < -0.39 is 24.0 Å². The molecule has 0 radical (unpaired) electrons. The fourth-order valence-corrected chi connectivity index (χ4v) is 7.19. The lowest BCUT2D eigenvalue weighted by Crippen LogP contribution is -2.46. The Bertz CT molecular complexity index is 2090. The van der Waals surface area contributed by atoms with E-state index in [0.717, 1.165) is 21.5 Å². The smallest absolute Gasteiger partial charge is 0.338 e. The van der Waals surface area contributed by atoms with Gasteiger partial charge in [-0.15, -0.1) is 0 Å². The van der Waals surface area contributed by atoms with Gasteiger partial charge in [0, 0.05) is 50.8 Å². The van der Waals surface area contributed by atoms with Gasteiger partial charge in [0.1, 0.15) is 24.7 Å². The minimum atomic E-state index is -0.839. The van der Waals surface area contributed by atoms with E-state index in [-0.39, 0.29) is 38.5 Å². The maximum atomic E-state index is 13.5. The molecule has 2 aliphatic rings. The number of carbonyl (C=O) groups is 4. The molecule has 58 heavy (non-hydrogen) atoms. The summed E-state index contributed by atoms with van der Waals surface area (Å²) in [5.41, 5.74) is 2.85. The maximum Gasteiger partial charge on any atom is 0.338 e. The molecule has 306 valence electrons. The monoisotopic (exact) mass is 794 g/mol. The van der Waals surface area contributed by atoms with Crippen LogP contribution in [0.25, 0.3) is 21.5 Å². The van der Waals surface area contributed by atoms with Gasteiger partial charge >= 0.3 is 24.0 Å². The summed E-state index contributed by atoms with van der Waals surface area (Å²) in [6, 6.07) is 20.7. The van der Waals surface area contributed by atoms with Crippen molar-refractivity contribution in [3.63, 3.8) is 0 Å². The number of hydrogen-bond acceptors (Lipinski definition) is 10. The Morgan fingerprint density at radius 2 is 0.966 bits per heavy atom. The number of carbonyl (C=O) groups excluding carboxylic acids is 4. The van der Waals surface area contributed by atoms with Gasteiger partial charge in [0.2, 0.25) is 0 Å². The van der Waals surface area contributed by atoms with Crippen molar-refractivity contribution >= 4 is 45.5 Å². The molecule has 4 amide bonds. The van der Waals surface area contributed by atoms with Crippen LogP contribution in [0.5, 0.6) is 11.5 Å². The third-order valence-electron chi connectivity index (χ3n) is 10.5. The molecule has 14 heteroatoms. The molecule has 0 bridgehead atoms. The Morgan fingerprint density at radius 1 is 0.569 bits per heavy atom. The molecule has 6 rings (SSSR count). The zero-order valence-electron chi connectivity index (χ0n) is 33.7. The highest BCUT2D eigenvalue weighted by atomic mass is 16.6. The SMILES string of the molecule is COCCOC(=O)C1=C(C)N(C)C(=O)NC1c1c(OCCCCOc2ccc3ccccc3c2C2NC(=O)N(C)C(C)=C2C(=O)OCCOC)ccc2ccccc12. The van der Waals surface area contributed by atoms with Gasteiger partial charge in [-0.3, -0.25) is 0 Å². The number of fused-ring (bicyclic) bond motifs is 2. The molecule has 0 saturated heterocycles.